The fourth-order valence-electron chi connectivity index (χ4n) is 1.76. The number of hydrogen-bond donors (Lipinski definition) is 1. The van der Waals surface area contributed by atoms with E-state index in [9.17, 15) is 4.79 Å². The van der Waals surface area contributed by atoms with Crippen LogP contribution in [0.2, 0.25) is 0 Å². The Labute approximate surface area is 128 Å². The Morgan fingerprint density at radius 2 is 2.00 bits per heavy atom. The molecule has 1 amide bonds. The highest BCUT2D eigenvalue weighted by Crippen LogP contribution is 2.30. The molecule has 0 aliphatic rings. The molecule has 19 heavy (non-hydrogen) atoms. The average molecular weight is 377 g/mol. The number of nitrogens with one attached hydrogen (secondary N) is 1. The Morgan fingerprint density at radius 3 is 2.63 bits per heavy atom. The summed E-state index contributed by atoms with van der Waals surface area (Å²) in [5.74, 6) is 0.931. The highest BCUT2D eigenvalue weighted by atomic mass is 127. The zero-order valence-corrected chi connectivity index (χ0v) is 13.5. The van der Waals surface area contributed by atoms with Gasteiger partial charge < -0.3 is 14.8 Å². The lowest BCUT2D eigenvalue weighted by atomic mass is 10.1. The van der Waals surface area contributed by atoms with Gasteiger partial charge in [0.25, 0.3) is 5.91 Å². The number of carbonyl (C=O) groups excluding carboxylic acids is 1. The van der Waals surface area contributed by atoms with Crippen LogP contribution in [0.25, 0.3) is 0 Å². The molecular weight excluding hydrogens is 357 g/mol. The third-order valence-electron chi connectivity index (χ3n) is 2.74. The van der Waals surface area contributed by atoms with Crippen molar-refractivity contribution in [1.82, 2.24) is 5.32 Å². The highest BCUT2D eigenvalue weighted by molar-refractivity contribution is 14.1. The molecule has 0 fully saturated rings. The Morgan fingerprint density at radius 1 is 1.21 bits per heavy atom. The van der Waals surface area contributed by atoms with Gasteiger partial charge in [0.1, 0.15) is 0 Å². The summed E-state index contributed by atoms with van der Waals surface area (Å²) < 4.78 is 11.6. The van der Waals surface area contributed by atoms with Crippen LogP contribution in [0.4, 0.5) is 0 Å². The van der Waals surface area contributed by atoms with Crippen LogP contribution in [0.3, 0.4) is 0 Å². The first-order valence-corrected chi connectivity index (χ1v) is 7.82. The molecule has 1 aromatic rings. The molecule has 0 spiro atoms. The molecule has 0 aromatic heterocycles. The van der Waals surface area contributed by atoms with Gasteiger partial charge in [-0.2, -0.15) is 0 Å². The number of ether oxygens (including phenoxy) is 2. The number of halogens is 1. The number of para-hydroxylation sites is 1. The Bertz CT molecular complexity index is 410. The molecule has 5 heteroatoms. The van der Waals surface area contributed by atoms with Gasteiger partial charge in [0, 0.05) is 6.54 Å². The van der Waals surface area contributed by atoms with Crippen LogP contribution in [0.1, 0.15) is 29.6 Å². The van der Waals surface area contributed by atoms with E-state index in [1.54, 1.807) is 25.3 Å². The Kier molecular flexibility index (Phi) is 7.62. The lowest BCUT2D eigenvalue weighted by Gasteiger charge is -2.12. The van der Waals surface area contributed by atoms with Gasteiger partial charge >= 0.3 is 0 Å². The summed E-state index contributed by atoms with van der Waals surface area (Å²) in [6, 6.07) is 5.30. The molecular formula is C14H20INO3. The van der Waals surface area contributed by atoms with Crippen LogP contribution in [0.15, 0.2) is 18.2 Å². The molecule has 0 bridgehead atoms. The summed E-state index contributed by atoms with van der Waals surface area (Å²) >= 11 is 2.36. The second-order valence-corrected chi connectivity index (χ2v) is 5.13. The first-order valence-electron chi connectivity index (χ1n) is 6.29. The molecule has 1 aromatic carbocycles. The summed E-state index contributed by atoms with van der Waals surface area (Å²) in [5.41, 5.74) is 0.510. The number of amides is 1. The van der Waals surface area contributed by atoms with Gasteiger partial charge in [-0.25, -0.2) is 0 Å². The summed E-state index contributed by atoms with van der Waals surface area (Å²) in [4.78, 5) is 12.1. The molecule has 4 nitrogen and oxygen atoms in total. The van der Waals surface area contributed by atoms with Crippen LogP contribution in [-0.4, -0.2) is 31.1 Å². The molecule has 1 N–H and O–H groups in total. The Hall–Kier alpha value is -0.980. The van der Waals surface area contributed by atoms with Crippen molar-refractivity contribution >= 4 is 28.5 Å². The molecule has 0 unspecified atom stereocenters. The summed E-state index contributed by atoms with van der Waals surface area (Å²) in [6.07, 6.45) is 3.33. The van der Waals surface area contributed by atoms with Crippen LogP contribution < -0.4 is 14.8 Å². The monoisotopic (exact) mass is 377 g/mol. The SMILES string of the molecule is COc1cccc(C(=O)NCCCCCI)c1OC. The zero-order chi connectivity index (χ0) is 14.1. The smallest absolute Gasteiger partial charge is 0.255 e. The quantitative estimate of drug-likeness (QED) is 0.431. The number of hydrogen-bond acceptors (Lipinski definition) is 3. The first kappa shape index (κ1) is 16.1. The predicted octanol–water partition coefficient (Wildman–Crippen LogP) is 3.04. The van der Waals surface area contributed by atoms with Gasteiger partial charge in [0.15, 0.2) is 11.5 Å². The van der Waals surface area contributed by atoms with Gasteiger partial charge in [-0.05, 0) is 29.4 Å². The van der Waals surface area contributed by atoms with Crippen LogP contribution in [0.5, 0.6) is 11.5 Å². The summed E-state index contributed by atoms with van der Waals surface area (Å²) in [6.45, 7) is 0.690. The van der Waals surface area contributed by atoms with Crippen molar-refractivity contribution < 1.29 is 14.3 Å². The third-order valence-corrected chi connectivity index (χ3v) is 3.51. The molecule has 0 saturated heterocycles. The van der Waals surface area contributed by atoms with Crippen molar-refractivity contribution in [1.29, 1.82) is 0 Å². The lowest BCUT2D eigenvalue weighted by Crippen LogP contribution is -2.25. The minimum atomic E-state index is -0.120. The standard InChI is InChI=1S/C14H20INO3/c1-18-12-8-6-7-11(13(12)19-2)14(17)16-10-5-3-4-9-15/h6-8H,3-5,9-10H2,1-2H3,(H,16,17). The number of methoxy groups -OCH3 is 2. The van der Waals surface area contributed by atoms with E-state index in [2.05, 4.69) is 27.9 Å². The number of rotatable bonds is 8. The molecule has 1 rings (SSSR count). The lowest BCUT2D eigenvalue weighted by molar-refractivity contribution is 0.0949. The van der Waals surface area contributed by atoms with Crippen molar-refractivity contribution in [3.63, 3.8) is 0 Å². The van der Waals surface area contributed by atoms with Crippen LogP contribution >= 0.6 is 22.6 Å². The van der Waals surface area contributed by atoms with E-state index in [1.807, 2.05) is 0 Å². The number of unbranched alkanes of at least 4 members (excludes halogenated alkanes) is 2. The van der Waals surface area contributed by atoms with Gasteiger partial charge in [0.05, 0.1) is 19.8 Å². The Balaban J connectivity index is 2.61. The number of carbonyl (C=O) groups is 1. The second-order valence-electron chi connectivity index (χ2n) is 4.05. The minimum Gasteiger partial charge on any atom is -0.493 e. The second kappa shape index (κ2) is 9.01. The maximum atomic E-state index is 12.1. The molecule has 0 heterocycles. The third kappa shape index (κ3) is 4.89. The molecule has 0 radical (unpaired) electrons. The van der Waals surface area contributed by atoms with E-state index in [0.717, 1.165) is 17.3 Å². The van der Waals surface area contributed by atoms with Crippen molar-refractivity contribution in [2.24, 2.45) is 0 Å². The topological polar surface area (TPSA) is 47.6 Å². The van der Waals surface area contributed by atoms with Crippen molar-refractivity contribution in [2.75, 3.05) is 25.2 Å². The van der Waals surface area contributed by atoms with Crippen molar-refractivity contribution in [3.05, 3.63) is 23.8 Å². The van der Waals surface area contributed by atoms with Gasteiger partial charge in [0.2, 0.25) is 0 Å². The fourth-order valence-corrected chi connectivity index (χ4v) is 2.30. The average Bonchev–Trinajstić information content (AvgIpc) is 2.45. The van der Waals surface area contributed by atoms with E-state index < -0.39 is 0 Å². The van der Waals surface area contributed by atoms with Gasteiger partial charge in [-0.3, -0.25) is 4.79 Å². The maximum absolute atomic E-state index is 12.1. The minimum absolute atomic E-state index is 0.120. The molecule has 106 valence electrons. The predicted molar refractivity (Wildman–Crippen MR) is 84.6 cm³/mol. The van der Waals surface area contributed by atoms with E-state index in [1.165, 1.54) is 13.5 Å². The van der Waals surface area contributed by atoms with Crippen molar-refractivity contribution in [2.45, 2.75) is 19.3 Å². The largest absolute Gasteiger partial charge is 0.493 e. The van der Waals surface area contributed by atoms with Gasteiger partial charge in [-0.15, -0.1) is 0 Å². The maximum Gasteiger partial charge on any atom is 0.255 e. The molecule has 0 aliphatic carbocycles. The summed E-state index contributed by atoms with van der Waals surface area (Å²) in [7, 11) is 3.10. The van der Waals surface area contributed by atoms with E-state index in [0.29, 0.717) is 23.6 Å². The van der Waals surface area contributed by atoms with Gasteiger partial charge in [-0.1, -0.05) is 35.1 Å². The normalized spacial score (nSPS) is 10.1. The number of alkyl halides is 1. The van der Waals surface area contributed by atoms with Crippen LogP contribution in [-0.2, 0) is 0 Å². The molecule has 0 saturated carbocycles. The highest BCUT2D eigenvalue weighted by Gasteiger charge is 2.15. The zero-order valence-electron chi connectivity index (χ0n) is 11.4. The summed E-state index contributed by atoms with van der Waals surface area (Å²) in [5, 5.41) is 2.91. The van der Waals surface area contributed by atoms with Crippen molar-refractivity contribution in [3.8, 4) is 11.5 Å². The number of benzene rings is 1. The first-order chi connectivity index (χ1) is 9.24. The van der Waals surface area contributed by atoms with E-state index in [-0.39, 0.29) is 5.91 Å². The van der Waals surface area contributed by atoms with Crippen LogP contribution in [0, 0.1) is 0 Å². The van der Waals surface area contributed by atoms with E-state index in [4.69, 9.17) is 9.47 Å². The molecule has 0 aliphatic heterocycles. The van der Waals surface area contributed by atoms with E-state index >= 15 is 0 Å². The fraction of sp³-hybridized carbons (Fsp3) is 0.500. The molecule has 0 atom stereocenters.